The van der Waals surface area contributed by atoms with Gasteiger partial charge in [-0.3, -0.25) is 4.98 Å². The van der Waals surface area contributed by atoms with Crippen LogP contribution in [0.1, 0.15) is 12.8 Å². The van der Waals surface area contributed by atoms with E-state index in [1.807, 2.05) is 18.5 Å². The highest BCUT2D eigenvalue weighted by Crippen LogP contribution is 2.26. The number of ether oxygens (including phenoxy) is 1. The molecule has 2 aliphatic rings. The number of hydrogen-bond acceptors (Lipinski definition) is 4. The maximum absolute atomic E-state index is 5.91. The highest BCUT2D eigenvalue weighted by Gasteiger charge is 2.33. The van der Waals surface area contributed by atoms with Crippen LogP contribution in [-0.2, 0) is 4.74 Å². The van der Waals surface area contributed by atoms with Crippen LogP contribution in [-0.4, -0.2) is 43.4 Å². The summed E-state index contributed by atoms with van der Waals surface area (Å²) in [7, 11) is 0. The average molecular weight is 233 g/mol. The molecule has 0 spiro atoms. The van der Waals surface area contributed by atoms with E-state index in [-0.39, 0.29) is 0 Å². The molecule has 0 bridgehead atoms. The number of fused-ring (bicyclic) bond motifs is 1. The summed E-state index contributed by atoms with van der Waals surface area (Å²) in [6.07, 6.45) is 6.43. The highest BCUT2D eigenvalue weighted by atomic mass is 16.5. The van der Waals surface area contributed by atoms with Gasteiger partial charge in [-0.25, -0.2) is 0 Å². The van der Waals surface area contributed by atoms with Crippen LogP contribution in [0, 0.1) is 0 Å². The first kappa shape index (κ1) is 11.0. The zero-order valence-corrected chi connectivity index (χ0v) is 10.0. The molecule has 0 aliphatic carbocycles. The van der Waals surface area contributed by atoms with Crippen molar-refractivity contribution in [1.29, 1.82) is 0 Å². The van der Waals surface area contributed by atoms with Crippen LogP contribution in [0.4, 0.5) is 5.69 Å². The van der Waals surface area contributed by atoms with E-state index in [4.69, 9.17) is 4.74 Å². The second kappa shape index (κ2) is 5.02. The van der Waals surface area contributed by atoms with Crippen LogP contribution >= 0.6 is 0 Å². The third kappa shape index (κ3) is 2.28. The Morgan fingerprint density at radius 1 is 1.35 bits per heavy atom. The smallest absolute Gasteiger partial charge is 0.0791 e. The fraction of sp³-hybridized carbons (Fsp3) is 0.615. The number of pyridine rings is 1. The van der Waals surface area contributed by atoms with Crippen molar-refractivity contribution >= 4 is 5.69 Å². The maximum atomic E-state index is 5.91. The molecular weight excluding hydrogens is 214 g/mol. The van der Waals surface area contributed by atoms with Gasteiger partial charge in [0.2, 0.25) is 0 Å². The molecule has 2 aliphatic heterocycles. The molecule has 2 saturated heterocycles. The number of anilines is 1. The van der Waals surface area contributed by atoms with Crippen molar-refractivity contribution < 1.29 is 4.74 Å². The van der Waals surface area contributed by atoms with Crippen LogP contribution in [0.15, 0.2) is 24.5 Å². The Bertz CT molecular complexity index is 357. The number of rotatable bonds is 1. The molecule has 4 heteroatoms. The minimum Gasteiger partial charge on any atom is -0.374 e. The summed E-state index contributed by atoms with van der Waals surface area (Å²) in [5.41, 5.74) is 1.23. The molecule has 3 rings (SSSR count). The van der Waals surface area contributed by atoms with Crippen LogP contribution in [0.2, 0.25) is 0 Å². The summed E-state index contributed by atoms with van der Waals surface area (Å²) >= 11 is 0. The van der Waals surface area contributed by atoms with E-state index in [1.54, 1.807) is 0 Å². The molecule has 3 heterocycles. The zero-order valence-electron chi connectivity index (χ0n) is 10.0. The number of hydrogen-bond donors (Lipinski definition) is 1. The maximum Gasteiger partial charge on any atom is 0.0791 e. The Balaban J connectivity index is 1.83. The van der Waals surface area contributed by atoms with Crippen molar-refractivity contribution in [2.24, 2.45) is 0 Å². The van der Waals surface area contributed by atoms with Gasteiger partial charge in [0.05, 0.1) is 30.6 Å². The molecular formula is C13H19N3O. The van der Waals surface area contributed by atoms with E-state index in [2.05, 4.69) is 21.3 Å². The first-order valence-electron chi connectivity index (χ1n) is 6.44. The Hall–Kier alpha value is -1.13. The molecule has 1 aromatic heterocycles. The van der Waals surface area contributed by atoms with Gasteiger partial charge in [-0.05, 0) is 38.1 Å². The lowest BCUT2D eigenvalue weighted by atomic mass is 10.0. The molecule has 0 unspecified atom stereocenters. The Morgan fingerprint density at radius 2 is 2.29 bits per heavy atom. The quantitative estimate of drug-likeness (QED) is 0.786. The standard InChI is InChI=1S/C13H19N3O/c1-2-11(10-15-5-1)16-8-9-17-13-4-7-14-6-3-12(13)16/h1-2,5,10,12-14H,3-4,6-9H2/t12-,13-/m0/s1. The lowest BCUT2D eigenvalue weighted by molar-refractivity contribution is 0.00988. The Kier molecular flexibility index (Phi) is 3.25. The Morgan fingerprint density at radius 3 is 3.18 bits per heavy atom. The first-order valence-corrected chi connectivity index (χ1v) is 6.44. The number of nitrogens with zero attached hydrogens (tertiary/aromatic N) is 2. The molecule has 4 nitrogen and oxygen atoms in total. The average Bonchev–Trinajstić information content (AvgIpc) is 2.64. The first-order chi connectivity index (χ1) is 8.45. The summed E-state index contributed by atoms with van der Waals surface area (Å²) in [5.74, 6) is 0. The molecule has 0 aromatic carbocycles. The minimum atomic E-state index is 0.374. The molecule has 0 saturated carbocycles. The molecule has 2 fully saturated rings. The zero-order chi connectivity index (χ0) is 11.5. The van der Waals surface area contributed by atoms with Crippen LogP contribution in [0.3, 0.4) is 0 Å². The number of aromatic nitrogens is 1. The second-order valence-electron chi connectivity index (χ2n) is 4.71. The molecule has 17 heavy (non-hydrogen) atoms. The molecule has 2 atom stereocenters. The van der Waals surface area contributed by atoms with Gasteiger partial charge in [-0.15, -0.1) is 0 Å². The number of nitrogens with one attached hydrogen (secondary N) is 1. The van der Waals surface area contributed by atoms with E-state index in [0.717, 1.165) is 39.1 Å². The van der Waals surface area contributed by atoms with Crippen molar-refractivity contribution in [3.05, 3.63) is 24.5 Å². The van der Waals surface area contributed by atoms with Gasteiger partial charge in [0.1, 0.15) is 0 Å². The van der Waals surface area contributed by atoms with Gasteiger partial charge in [-0.1, -0.05) is 0 Å². The van der Waals surface area contributed by atoms with Gasteiger partial charge >= 0.3 is 0 Å². The lowest BCUT2D eigenvalue weighted by Crippen LogP contribution is -2.51. The largest absolute Gasteiger partial charge is 0.374 e. The minimum absolute atomic E-state index is 0.374. The second-order valence-corrected chi connectivity index (χ2v) is 4.71. The van der Waals surface area contributed by atoms with Gasteiger partial charge in [0, 0.05) is 12.7 Å². The van der Waals surface area contributed by atoms with Gasteiger partial charge in [-0.2, -0.15) is 0 Å². The predicted molar refractivity (Wildman–Crippen MR) is 67.2 cm³/mol. The highest BCUT2D eigenvalue weighted by molar-refractivity contribution is 5.45. The van der Waals surface area contributed by atoms with Crippen LogP contribution in [0.5, 0.6) is 0 Å². The fourth-order valence-corrected chi connectivity index (χ4v) is 2.86. The Labute approximate surface area is 102 Å². The summed E-state index contributed by atoms with van der Waals surface area (Å²) < 4.78 is 5.91. The molecule has 0 radical (unpaired) electrons. The normalized spacial score (nSPS) is 29.5. The molecule has 1 aromatic rings. The molecule has 1 N–H and O–H groups in total. The lowest BCUT2D eigenvalue weighted by Gasteiger charge is -2.41. The molecule has 0 amide bonds. The van der Waals surface area contributed by atoms with Crippen LogP contribution < -0.4 is 10.2 Å². The summed E-state index contributed by atoms with van der Waals surface area (Å²) in [4.78, 5) is 6.69. The van der Waals surface area contributed by atoms with Crippen molar-refractivity contribution in [3.63, 3.8) is 0 Å². The monoisotopic (exact) mass is 233 g/mol. The fourth-order valence-electron chi connectivity index (χ4n) is 2.86. The third-order valence-electron chi connectivity index (χ3n) is 3.69. The van der Waals surface area contributed by atoms with E-state index < -0.39 is 0 Å². The number of morpholine rings is 1. The van der Waals surface area contributed by atoms with Crippen molar-refractivity contribution in [2.75, 3.05) is 31.1 Å². The van der Waals surface area contributed by atoms with E-state index in [0.29, 0.717) is 12.1 Å². The SMILES string of the molecule is c1cncc(N2CCO[C@H]3CCNCC[C@@H]32)c1. The van der Waals surface area contributed by atoms with Gasteiger partial charge < -0.3 is 15.0 Å². The summed E-state index contributed by atoms with van der Waals surface area (Å²) in [6.45, 7) is 3.96. The van der Waals surface area contributed by atoms with Crippen LogP contribution in [0.25, 0.3) is 0 Å². The third-order valence-corrected chi connectivity index (χ3v) is 3.69. The summed E-state index contributed by atoms with van der Waals surface area (Å²) in [5, 5.41) is 3.45. The summed E-state index contributed by atoms with van der Waals surface area (Å²) in [6, 6.07) is 4.66. The van der Waals surface area contributed by atoms with Gasteiger partial charge in [0.15, 0.2) is 0 Å². The van der Waals surface area contributed by atoms with Crippen molar-refractivity contribution in [3.8, 4) is 0 Å². The topological polar surface area (TPSA) is 37.4 Å². The van der Waals surface area contributed by atoms with E-state index in [1.165, 1.54) is 5.69 Å². The van der Waals surface area contributed by atoms with E-state index >= 15 is 0 Å². The van der Waals surface area contributed by atoms with Gasteiger partial charge in [0.25, 0.3) is 0 Å². The molecule has 92 valence electrons. The predicted octanol–water partition coefficient (Wildman–Crippen LogP) is 1.04. The van der Waals surface area contributed by atoms with Crippen molar-refractivity contribution in [2.45, 2.75) is 25.0 Å². The van der Waals surface area contributed by atoms with Crippen molar-refractivity contribution in [1.82, 2.24) is 10.3 Å². The van der Waals surface area contributed by atoms with E-state index in [9.17, 15) is 0 Å².